The number of hydrogen-bond donors (Lipinski definition) is 1. The largest absolute Gasteiger partial charge is 0.321 e. The first-order valence-corrected chi connectivity index (χ1v) is 7.19. The summed E-state index contributed by atoms with van der Waals surface area (Å²) in [4.78, 5) is 15.9. The second-order valence-electron chi connectivity index (χ2n) is 3.46. The molecule has 1 heterocycles. The maximum absolute atomic E-state index is 12.0. The van der Waals surface area contributed by atoms with E-state index in [1.165, 1.54) is 6.20 Å². The highest BCUT2D eigenvalue weighted by molar-refractivity contribution is 14.1. The summed E-state index contributed by atoms with van der Waals surface area (Å²) in [5.41, 5.74) is 1.20. The number of anilines is 1. The first-order chi connectivity index (χ1) is 8.56. The van der Waals surface area contributed by atoms with Gasteiger partial charge in [0.1, 0.15) is 5.15 Å². The molecule has 0 saturated carbocycles. The molecule has 0 aliphatic rings. The van der Waals surface area contributed by atoms with Crippen LogP contribution in [0.15, 0.2) is 41.0 Å². The number of rotatable bonds is 2. The van der Waals surface area contributed by atoms with Crippen molar-refractivity contribution in [3.8, 4) is 0 Å². The highest BCUT2D eigenvalue weighted by Gasteiger charge is 2.07. The molecular formula is C12H7BrClIN2O. The first kappa shape index (κ1) is 13.8. The van der Waals surface area contributed by atoms with Gasteiger partial charge in [-0.2, -0.15) is 0 Å². The number of nitrogens with zero attached hydrogens (tertiary/aromatic N) is 1. The number of amides is 1. The van der Waals surface area contributed by atoms with E-state index in [1.54, 1.807) is 12.1 Å². The molecule has 6 heteroatoms. The van der Waals surface area contributed by atoms with Crippen LogP contribution < -0.4 is 5.32 Å². The van der Waals surface area contributed by atoms with E-state index in [-0.39, 0.29) is 5.91 Å². The summed E-state index contributed by atoms with van der Waals surface area (Å²) in [6.07, 6.45) is 1.51. The van der Waals surface area contributed by atoms with E-state index in [9.17, 15) is 4.79 Å². The van der Waals surface area contributed by atoms with Crippen molar-refractivity contribution < 1.29 is 4.79 Å². The number of hydrogen-bond acceptors (Lipinski definition) is 2. The average Bonchev–Trinajstić information content (AvgIpc) is 2.34. The Kier molecular flexibility index (Phi) is 4.58. The smallest absolute Gasteiger partial charge is 0.255 e. The fraction of sp³-hybridized carbons (Fsp3) is 0. The molecule has 92 valence electrons. The van der Waals surface area contributed by atoms with Gasteiger partial charge in [0.15, 0.2) is 0 Å². The third kappa shape index (κ3) is 3.43. The summed E-state index contributed by atoms with van der Waals surface area (Å²) in [5.74, 6) is -0.176. The van der Waals surface area contributed by atoms with E-state index in [1.807, 2.05) is 18.2 Å². The molecule has 0 atom stereocenters. The minimum atomic E-state index is -0.176. The van der Waals surface area contributed by atoms with Gasteiger partial charge in [-0.15, -0.1) is 0 Å². The van der Waals surface area contributed by atoms with Crippen LogP contribution in [0.4, 0.5) is 5.69 Å². The molecule has 0 saturated heterocycles. The van der Waals surface area contributed by atoms with Crippen LogP contribution >= 0.6 is 50.1 Å². The molecule has 1 aromatic carbocycles. The van der Waals surface area contributed by atoms with Crippen LogP contribution in [0.1, 0.15) is 10.4 Å². The fourth-order valence-corrected chi connectivity index (χ4v) is 2.32. The molecule has 1 aromatic heterocycles. The molecule has 0 spiro atoms. The Labute approximate surface area is 131 Å². The van der Waals surface area contributed by atoms with Crippen molar-refractivity contribution in [2.75, 3.05) is 5.32 Å². The van der Waals surface area contributed by atoms with E-state index >= 15 is 0 Å². The Hall–Kier alpha value is -0.660. The Morgan fingerprint density at radius 2 is 2.17 bits per heavy atom. The number of nitrogens with one attached hydrogen (secondary N) is 1. The molecular weight excluding hydrogens is 430 g/mol. The van der Waals surface area contributed by atoms with Gasteiger partial charge in [0, 0.05) is 9.13 Å². The number of pyridine rings is 1. The topological polar surface area (TPSA) is 42.0 Å². The molecule has 0 aliphatic carbocycles. The molecule has 1 N–H and O–H groups in total. The van der Waals surface area contributed by atoms with E-state index in [2.05, 4.69) is 48.8 Å². The predicted molar refractivity (Wildman–Crippen MR) is 84.1 cm³/mol. The zero-order valence-corrected chi connectivity index (χ0v) is 13.5. The lowest BCUT2D eigenvalue weighted by atomic mass is 10.2. The average molecular weight is 437 g/mol. The Morgan fingerprint density at radius 1 is 1.39 bits per heavy atom. The predicted octanol–water partition coefficient (Wildman–Crippen LogP) is 4.35. The lowest BCUT2D eigenvalue weighted by molar-refractivity contribution is 0.102. The van der Waals surface area contributed by atoms with Gasteiger partial charge in [0.25, 0.3) is 5.91 Å². The lowest BCUT2D eigenvalue weighted by Crippen LogP contribution is -2.12. The van der Waals surface area contributed by atoms with Crippen molar-refractivity contribution in [2.45, 2.75) is 0 Å². The first-order valence-electron chi connectivity index (χ1n) is 4.94. The van der Waals surface area contributed by atoms with E-state index in [0.29, 0.717) is 20.9 Å². The van der Waals surface area contributed by atoms with Crippen molar-refractivity contribution in [2.24, 2.45) is 0 Å². The zero-order valence-electron chi connectivity index (χ0n) is 8.95. The maximum atomic E-state index is 12.0. The summed E-state index contributed by atoms with van der Waals surface area (Å²) in [5, 5.41) is 3.12. The van der Waals surface area contributed by atoms with Gasteiger partial charge in [-0.3, -0.25) is 4.79 Å². The number of benzene rings is 1. The van der Waals surface area contributed by atoms with Gasteiger partial charge in [-0.1, -0.05) is 17.7 Å². The second-order valence-corrected chi connectivity index (χ2v) is 5.92. The summed E-state index contributed by atoms with van der Waals surface area (Å²) < 4.78 is 1.65. The van der Waals surface area contributed by atoms with Crippen molar-refractivity contribution in [3.63, 3.8) is 0 Å². The molecule has 2 aromatic rings. The highest BCUT2D eigenvalue weighted by Crippen LogP contribution is 2.23. The van der Waals surface area contributed by atoms with E-state index in [4.69, 9.17) is 11.6 Å². The van der Waals surface area contributed by atoms with Gasteiger partial charge in [0.05, 0.1) is 16.4 Å². The van der Waals surface area contributed by atoms with E-state index in [0.717, 1.165) is 3.57 Å². The minimum absolute atomic E-state index is 0.176. The number of carbonyl (C=O) groups is 1. The van der Waals surface area contributed by atoms with Crippen molar-refractivity contribution in [1.29, 1.82) is 0 Å². The normalized spacial score (nSPS) is 10.2. The van der Waals surface area contributed by atoms with Gasteiger partial charge in [-0.05, 0) is 62.8 Å². The highest BCUT2D eigenvalue weighted by atomic mass is 127. The monoisotopic (exact) mass is 436 g/mol. The quantitative estimate of drug-likeness (QED) is 0.561. The third-order valence-electron chi connectivity index (χ3n) is 2.14. The van der Waals surface area contributed by atoms with Crippen LogP contribution in [-0.2, 0) is 0 Å². The molecule has 1 amide bonds. The summed E-state index contributed by atoms with van der Waals surface area (Å²) in [7, 11) is 0. The number of carbonyl (C=O) groups excluding carboxylic acids is 1. The standard InChI is InChI=1S/C12H7BrClIN2O/c13-10-5-9(6-16-11(10)14)17-12(18)7-2-1-3-8(15)4-7/h1-6H,(H,17,18). The van der Waals surface area contributed by atoms with Gasteiger partial charge in [-0.25, -0.2) is 4.98 Å². The van der Waals surface area contributed by atoms with Crippen LogP contribution in [0.5, 0.6) is 0 Å². The van der Waals surface area contributed by atoms with Crippen molar-refractivity contribution in [3.05, 3.63) is 55.3 Å². The molecule has 0 radical (unpaired) electrons. The SMILES string of the molecule is O=C(Nc1cnc(Cl)c(Br)c1)c1cccc(I)c1. The Bertz CT molecular complexity index is 606. The van der Waals surface area contributed by atoms with Crippen molar-refractivity contribution >= 4 is 61.7 Å². The number of aromatic nitrogens is 1. The van der Waals surface area contributed by atoms with Crippen LogP contribution in [0.3, 0.4) is 0 Å². The summed E-state index contributed by atoms with van der Waals surface area (Å²) in [6, 6.07) is 9.05. The van der Waals surface area contributed by atoms with Crippen LogP contribution in [0, 0.1) is 3.57 Å². The van der Waals surface area contributed by atoms with Gasteiger partial charge < -0.3 is 5.32 Å². The van der Waals surface area contributed by atoms with Crippen LogP contribution in [0.25, 0.3) is 0 Å². The molecule has 0 fully saturated rings. The van der Waals surface area contributed by atoms with Crippen LogP contribution in [0.2, 0.25) is 5.15 Å². The second kappa shape index (κ2) is 5.99. The summed E-state index contributed by atoms with van der Waals surface area (Å²) in [6.45, 7) is 0. The molecule has 3 nitrogen and oxygen atoms in total. The molecule has 0 bridgehead atoms. The van der Waals surface area contributed by atoms with Gasteiger partial charge >= 0.3 is 0 Å². The maximum Gasteiger partial charge on any atom is 0.255 e. The Morgan fingerprint density at radius 3 is 2.83 bits per heavy atom. The third-order valence-corrected chi connectivity index (χ3v) is 3.95. The van der Waals surface area contributed by atoms with Gasteiger partial charge in [0.2, 0.25) is 0 Å². The fourth-order valence-electron chi connectivity index (χ4n) is 1.32. The minimum Gasteiger partial charge on any atom is -0.321 e. The molecule has 18 heavy (non-hydrogen) atoms. The molecule has 0 aliphatic heterocycles. The lowest BCUT2D eigenvalue weighted by Gasteiger charge is -2.06. The zero-order chi connectivity index (χ0) is 13.1. The van der Waals surface area contributed by atoms with Crippen molar-refractivity contribution in [1.82, 2.24) is 4.98 Å². The molecule has 0 unspecified atom stereocenters. The molecule has 2 rings (SSSR count). The summed E-state index contributed by atoms with van der Waals surface area (Å²) >= 11 is 11.2. The number of halogens is 3. The Balaban J connectivity index is 2.18. The van der Waals surface area contributed by atoms with E-state index < -0.39 is 0 Å². The van der Waals surface area contributed by atoms with Crippen LogP contribution in [-0.4, -0.2) is 10.9 Å².